The average Bonchev–Trinajstić information content (AvgIpc) is 3.01. The molecule has 3 atom stereocenters. The van der Waals surface area contributed by atoms with Gasteiger partial charge in [0.2, 0.25) is 5.91 Å². The number of anilines is 1. The number of amides is 1. The van der Waals surface area contributed by atoms with E-state index in [0.717, 1.165) is 19.3 Å². The predicted molar refractivity (Wildman–Crippen MR) is 67.8 cm³/mol. The molecular weight excluding hydrogens is 250 g/mol. The fraction of sp³-hybridized carbons (Fsp3) is 0.500. The highest BCUT2D eigenvalue weighted by atomic mass is 19.1. The standard InChI is InChI=1S/C14H16F2N2O/c1-7-2-4-10(15)13(12(7)16)18-14(19)9-6-8-3-5-11(9)17-8/h2,4,8-9,11,17H,3,5-6H2,1H3,(H,18,19). The van der Waals surface area contributed by atoms with E-state index in [4.69, 9.17) is 0 Å². The lowest BCUT2D eigenvalue weighted by Crippen LogP contribution is -2.33. The topological polar surface area (TPSA) is 41.1 Å². The summed E-state index contributed by atoms with van der Waals surface area (Å²) in [5.41, 5.74) is -0.00413. The zero-order chi connectivity index (χ0) is 13.6. The molecular formula is C14H16F2N2O. The van der Waals surface area contributed by atoms with Gasteiger partial charge in [-0.25, -0.2) is 8.78 Å². The maximum atomic E-state index is 13.8. The van der Waals surface area contributed by atoms with Crippen LogP contribution in [0.15, 0.2) is 12.1 Å². The Morgan fingerprint density at radius 2 is 2.16 bits per heavy atom. The van der Waals surface area contributed by atoms with Gasteiger partial charge >= 0.3 is 0 Å². The lowest BCUT2D eigenvalue weighted by atomic mass is 9.88. The van der Waals surface area contributed by atoms with Gasteiger partial charge < -0.3 is 10.6 Å². The van der Waals surface area contributed by atoms with Crippen LogP contribution in [-0.2, 0) is 4.79 Å². The Bertz CT molecular complexity index is 532. The van der Waals surface area contributed by atoms with Gasteiger partial charge in [-0.05, 0) is 37.8 Å². The molecule has 19 heavy (non-hydrogen) atoms. The molecule has 2 aliphatic rings. The van der Waals surface area contributed by atoms with Crippen molar-refractivity contribution in [3.05, 3.63) is 29.3 Å². The maximum absolute atomic E-state index is 13.8. The van der Waals surface area contributed by atoms with E-state index in [0.29, 0.717) is 11.6 Å². The first kappa shape index (κ1) is 12.5. The molecule has 0 radical (unpaired) electrons. The predicted octanol–water partition coefficient (Wildman–Crippen LogP) is 2.35. The fourth-order valence-electron chi connectivity index (χ4n) is 3.10. The summed E-state index contributed by atoms with van der Waals surface area (Å²) in [5, 5.41) is 5.75. The number of rotatable bonds is 2. The number of benzene rings is 1. The number of hydrogen-bond donors (Lipinski definition) is 2. The van der Waals surface area contributed by atoms with Gasteiger partial charge in [0.25, 0.3) is 0 Å². The van der Waals surface area contributed by atoms with E-state index in [1.807, 2.05) is 0 Å². The van der Waals surface area contributed by atoms with Crippen molar-refractivity contribution in [2.75, 3.05) is 5.32 Å². The van der Waals surface area contributed by atoms with Crippen molar-refractivity contribution in [2.24, 2.45) is 5.92 Å². The smallest absolute Gasteiger partial charge is 0.229 e. The lowest BCUT2D eigenvalue weighted by molar-refractivity contribution is -0.120. The molecule has 2 bridgehead atoms. The molecule has 3 nitrogen and oxygen atoms in total. The monoisotopic (exact) mass is 266 g/mol. The molecule has 2 heterocycles. The zero-order valence-electron chi connectivity index (χ0n) is 10.7. The molecule has 0 spiro atoms. The summed E-state index contributed by atoms with van der Waals surface area (Å²) in [5.74, 6) is -1.89. The van der Waals surface area contributed by atoms with Gasteiger partial charge in [0.05, 0.1) is 5.92 Å². The summed E-state index contributed by atoms with van der Waals surface area (Å²) in [6.07, 6.45) is 2.80. The normalized spacial score (nSPS) is 28.7. The molecule has 2 aliphatic heterocycles. The Balaban J connectivity index is 1.78. The Hall–Kier alpha value is -1.49. The number of halogens is 2. The number of aryl methyl sites for hydroxylation is 1. The van der Waals surface area contributed by atoms with E-state index in [1.165, 1.54) is 12.1 Å². The molecule has 3 unspecified atom stereocenters. The third-order valence-electron chi connectivity index (χ3n) is 4.17. The summed E-state index contributed by atoms with van der Waals surface area (Å²) in [7, 11) is 0. The molecule has 1 aromatic rings. The SMILES string of the molecule is Cc1ccc(F)c(NC(=O)C2CC3CCC2N3)c1F. The van der Waals surface area contributed by atoms with Gasteiger partial charge in [-0.2, -0.15) is 0 Å². The first-order chi connectivity index (χ1) is 9.06. The number of carbonyl (C=O) groups excluding carboxylic acids is 1. The Morgan fingerprint density at radius 3 is 2.79 bits per heavy atom. The van der Waals surface area contributed by atoms with Gasteiger partial charge in [0.1, 0.15) is 11.5 Å². The first-order valence-electron chi connectivity index (χ1n) is 6.58. The third kappa shape index (κ3) is 2.12. The molecule has 5 heteroatoms. The maximum Gasteiger partial charge on any atom is 0.229 e. The van der Waals surface area contributed by atoms with E-state index >= 15 is 0 Å². The van der Waals surface area contributed by atoms with Gasteiger partial charge in [-0.15, -0.1) is 0 Å². The molecule has 2 fully saturated rings. The van der Waals surface area contributed by atoms with Crippen LogP contribution in [0.5, 0.6) is 0 Å². The fourth-order valence-corrected chi connectivity index (χ4v) is 3.10. The van der Waals surface area contributed by atoms with E-state index in [-0.39, 0.29) is 23.6 Å². The molecule has 102 valence electrons. The minimum Gasteiger partial charge on any atom is -0.321 e. The molecule has 3 rings (SSSR count). The van der Waals surface area contributed by atoms with Gasteiger partial charge in [0.15, 0.2) is 5.82 Å². The summed E-state index contributed by atoms with van der Waals surface area (Å²) >= 11 is 0. The highest BCUT2D eigenvalue weighted by Gasteiger charge is 2.43. The van der Waals surface area contributed by atoms with Crippen LogP contribution < -0.4 is 10.6 Å². The van der Waals surface area contributed by atoms with Gasteiger partial charge in [0, 0.05) is 12.1 Å². The summed E-state index contributed by atoms with van der Waals surface area (Å²) in [6.45, 7) is 1.55. The Morgan fingerprint density at radius 1 is 1.37 bits per heavy atom. The highest BCUT2D eigenvalue weighted by Crippen LogP contribution is 2.34. The first-order valence-corrected chi connectivity index (χ1v) is 6.58. The van der Waals surface area contributed by atoms with Crippen molar-refractivity contribution in [1.29, 1.82) is 0 Å². The van der Waals surface area contributed by atoms with E-state index < -0.39 is 11.6 Å². The zero-order valence-corrected chi connectivity index (χ0v) is 10.7. The van der Waals surface area contributed by atoms with E-state index in [1.54, 1.807) is 6.92 Å². The van der Waals surface area contributed by atoms with Crippen LogP contribution in [0, 0.1) is 24.5 Å². The summed E-state index contributed by atoms with van der Waals surface area (Å²) < 4.78 is 27.4. The van der Waals surface area contributed by atoms with Crippen molar-refractivity contribution < 1.29 is 13.6 Å². The lowest BCUT2D eigenvalue weighted by Gasteiger charge is -2.20. The second-order valence-corrected chi connectivity index (χ2v) is 5.43. The van der Waals surface area contributed by atoms with Crippen LogP contribution in [0.1, 0.15) is 24.8 Å². The molecule has 0 saturated carbocycles. The molecule has 0 aromatic heterocycles. The second kappa shape index (κ2) is 4.56. The second-order valence-electron chi connectivity index (χ2n) is 5.43. The summed E-state index contributed by atoms with van der Waals surface area (Å²) in [4.78, 5) is 12.1. The van der Waals surface area contributed by atoms with Gasteiger partial charge in [-0.1, -0.05) is 6.07 Å². The van der Waals surface area contributed by atoms with Crippen LogP contribution in [0.3, 0.4) is 0 Å². The van der Waals surface area contributed by atoms with Crippen LogP contribution in [0.2, 0.25) is 0 Å². The molecule has 1 amide bonds. The largest absolute Gasteiger partial charge is 0.321 e. The van der Waals surface area contributed by atoms with Gasteiger partial charge in [-0.3, -0.25) is 4.79 Å². The minimum atomic E-state index is -0.729. The molecule has 0 aliphatic carbocycles. The van der Waals surface area contributed by atoms with Crippen LogP contribution >= 0.6 is 0 Å². The summed E-state index contributed by atoms with van der Waals surface area (Å²) in [6, 6.07) is 3.07. The molecule has 2 N–H and O–H groups in total. The average molecular weight is 266 g/mol. The quantitative estimate of drug-likeness (QED) is 0.862. The number of hydrogen-bond acceptors (Lipinski definition) is 2. The van der Waals surface area contributed by atoms with E-state index in [9.17, 15) is 13.6 Å². The van der Waals surface area contributed by atoms with Crippen LogP contribution in [0.25, 0.3) is 0 Å². The number of fused-ring (bicyclic) bond motifs is 2. The Kier molecular flexibility index (Phi) is 3.01. The van der Waals surface area contributed by atoms with Crippen LogP contribution in [-0.4, -0.2) is 18.0 Å². The minimum absolute atomic E-state index is 0.154. The third-order valence-corrected chi connectivity index (χ3v) is 4.17. The van der Waals surface area contributed by atoms with Crippen molar-refractivity contribution in [3.8, 4) is 0 Å². The van der Waals surface area contributed by atoms with Crippen molar-refractivity contribution >= 4 is 11.6 Å². The molecule has 2 saturated heterocycles. The van der Waals surface area contributed by atoms with Crippen molar-refractivity contribution in [3.63, 3.8) is 0 Å². The van der Waals surface area contributed by atoms with E-state index in [2.05, 4.69) is 10.6 Å². The highest BCUT2D eigenvalue weighted by molar-refractivity contribution is 5.93. The van der Waals surface area contributed by atoms with Crippen molar-refractivity contribution in [2.45, 2.75) is 38.3 Å². The number of carbonyl (C=O) groups is 1. The number of nitrogens with one attached hydrogen (secondary N) is 2. The van der Waals surface area contributed by atoms with Crippen LogP contribution in [0.4, 0.5) is 14.5 Å². The Labute approximate surface area is 110 Å². The molecule has 1 aromatic carbocycles. The van der Waals surface area contributed by atoms with Crippen molar-refractivity contribution in [1.82, 2.24) is 5.32 Å².